The second-order valence-corrected chi connectivity index (χ2v) is 21.1. The Morgan fingerprint density at radius 3 is 2.41 bits per heavy atom. The van der Waals surface area contributed by atoms with Crippen LogP contribution in [0.1, 0.15) is 77.1 Å². The summed E-state index contributed by atoms with van der Waals surface area (Å²) >= 11 is 14.6. The summed E-state index contributed by atoms with van der Waals surface area (Å²) in [7, 11) is 0. The van der Waals surface area contributed by atoms with Gasteiger partial charge in [0.1, 0.15) is 53.2 Å². The van der Waals surface area contributed by atoms with E-state index in [9.17, 15) is 14.7 Å². The summed E-state index contributed by atoms with van der Waals surface area (Å²) in [4.78, 5) is 44.8. The quantitative estimate of drug-likeness (QED) is 0.0563. The molecule has 0 spiro atoms. The number of nitrogens with one attached hydrogen (secondary N) is 3. The zero-order valence-electron chi connectivity index (χ0n) is 41.8. The van der Waals surface area contributed by atoms with Crippen molar-refractivity contribution in [1.82, 2.24) is 55.3 Å². The number of ether oxygens (including phenoxy) is 4. The number of rotatable bonds is 19. The van der Waals surface area contributed by atoms with Crippen LogP contribution in [0.25, 0.3) is 38.5 Å². The molecule has 2 saturated heterocycles. The van der Waals surface area contributed by atoms with E-state index in [1.165, 1.54) is 4.88 Å². The van der Waals surface area contributed by atoms with Gasteiger partial charge in [-0.1, -0.05) is 83.4 Å². The first-order chi connectivity index (χ1) is 36.9. The molecule has 0 saturated carbocycles. The Kier molecular flexibility index (Phi) is 15.0. The van der Waals surface area contributed by atoms with Crippen LogP contribution >= 0.6 is 34.5 Å². The van der Waals surface area contributed by atoms with E-state index in [1.807, 2.05) is 90.5 Å². The molecule has 0 radical (unpaired) electrons. The molecule has 2 fully saturated rings. The number of aliphatic hydroxyl groups is 1. The van der Waals surface area contributed by atoms with Gasteiger partial charge in [-0.3, -0.25) is 23.8 Å². The van der Waals surface area contributed by atoms with Crippen molar-refractivity contribution in [2.24, 2.45) is 4.99 Å². The number of pyridine rings is 1. The number of benzene rings is 3. The van der Waals surface area contributed by atoms with Crippen molar-refractivity contribution in [2.75, 3.05) is 26.4 Å². The lowest BCUT2D eigenvalue weighted by atomic mass is 9.99. The number of aromatic nitrogens is 9. The van der Waals surface area contributed by atoms with Crippen LogP contribution in [0.4, 0.5) is 0 Å². The fourth-order valence-corrected chi connectivity index (χ4v) is 11.3. The van der Waals surface area contributed by atoms with Gasteiger partial charge in [-0.25, -0.2) is 4.98 Å². The highest BCUT2D eigenvalue weighted by Crippen LogP contribution is 2.40. The summed E-state index contributed by atoms with van der Waals surface area (Å²) < 4.78 is 27.1. The topological polar surface area (TPSA) is 231 Å². The van der Waals surface area contributed by atoms with E-state index in [0.29, 0.717) is 70.3 Å². The van der Waals surface area contributed by atoms with E-state index >= 15 is 0 Å². The number of carbonyl (C=O) groups excluding carboxylic acids is 2. The lowest BCUT2D eigenvalue weighted by molar-refractivity contribution is -0.122. The number of aryl methyl sites for hydroxylation is 3. The molecule has 22 heteroatoms. The monoisotopic (exact) mass is 1080 g/mol. The number of H-pyrrole nitrogens is 1. The van der Waals surface area contributed by atoms with Crippen LogP contribution in [0.15, 0.2) is 90.1 Å². The number of aromatic amines is 1. The molecule has 19 nitrogen and oxygen atoms in total. The Bertz CT molecular complexity index is 3430. The molecule has 4 N–H and O–H groups in total. The van der Waals surface area contributed by atoms with E-state index in [4.69, 9.17) is 52.1 Å². The largest absolute Gasteiger partial charge is 0.492 e. The predicted molar refractivity (Wildman–Crippen MR) is 286 cm³/mol. The van der Waals surface area contributed by atoms with Gasteiger partial charge in [0.25, 0.3) is 6.01 Å². The molecule has 0 aliphatic carbocycles. The number of carbonyl (C=O) groups is 2. The third kappa shape index (κ3) is 11.0. The molecular formula is C54H54Cl2N12O7S. The van der Waals surface area contributed by atoms with Gasteiger partial charge in [-0.2, -0.15) is 4.98 Å². The Morgan fingerprint density at radius 1 is 0.855 bits per heavy atom. The number of fused-ring (bicyclic) bond motifs is 5. The summed E-state index contributed by atoms with van der Waals surface area (Å²) in [5.74, 6) is 1.82. The molecule has 76 heavy (non-hydrogen) atoms. The number of thiophene rings is 1. The van der Waals surface area contributed by atoms with Crippen LogP contribution in [-0.4, -0.2) is 118 Å². The number of nitrogens with zero attached hydrogens (tertiary/aromatic N) is 9. The number of amides is 2. The number of hydrogen-bond donors (Lipinski definition) is 4. The minimum atomic E-state index is -0.667. The molecular weight excluding hydrogens is 1030 g/mol. The van der Waals surface area contributed by atoms with Crippen molar-refractivity contribution in [2.45, 2.75) is 96.4 Å². The second-order valence-electron chi connectivity index (χ2n) is 19.0. The van der Waals surface area contributed by atoms with Crippen molar-refractivity contribution in [1.29, 1.82) is 0 Å². The lowest BCUT2D eigenvalue weighted by Crippen LogP contribution is -2.34. The average molecular weight is 1090 g/mol. The zero-order valence-corrected chi connectivity index (χ0v) is 44.2. The number of halogens is 2. The lowest BCUT2D eigenvalue weighted by Gasteiger charge is -2.15. The SMILES string of the molecule is Cc1sc2c(c1C)C(c1ccc(Cl)cc1)=N[C@@H](CC(=O)NCc1cn(CCCCCC(=O)NCCOc3ccc(-c4ccc(-c5nc6nc(O[C@@H]7CO[C@H]8[C@@H]7OC[C@H]8O)[nH]c6cc5Cl)cc4)cc3)nn1)c1nnc(C)n1-2. The van der Waals surface area contributed by atoms with Crippen molar-refractivity contribution in [3.63, 3.8) is 0 Å². The van der Waals surface area contributed by atoms with Crippen molar-refractivity contribution >= 4 is 63.2 Å². The fourth-order valence-electron chi connectivity index (χ4n) is 9.69. The number of aliphatic hydroxyl groups excluding tert-OH is 1. The Hall–Kier alpha value is -7.07. The molecule has 3 aliphatic heterocycles. The van der Waals surface area contributed by atoms with Gasteiger partial charge < -0.3 is 39.7 Å². The fraction of sp³-hybridized carbons (Fsp3) is 0.352. The van der Waals surface area contributed by atoms with Crippen LogP contribution in [-0.2, 0) is 32.2 Å². The second kappa shape index (κ2) is 22.3. The van der Waals surface area contributed by atoms with Gasteiger partial charge in [-0.05, 0) is 80.6 Å². The van der Waals surface area contributed by atoms with E-state index < -0.39 is 24.4 Å². The molecule has 11 rings (SSSR count). The van der Waals surface area contributed by atoms with E-state index in [0.717, 1.165) is 69.2 Å². The van der Waals surface area contributed by atoms with Gasteiger partial charge in [0.05, 0.1) is 60.9 Å². The van der Waals surface area contributed by atoms with E-state index in [-0.39, 0.29) is 50.1 Å². The van der Waals surface area contributed by atoms with Crippen LogP contribution in [0.5, 0.6) is 11.8 Å². The normalized spacial score (nSPS) is 18.7. The first-order valence-corrected chi connectivity index (χ1v) is 26.8. The van der Waals surface area contributed by atoms with E-state index in [2.05, 4.69) is 55.0 Å². The maximum Gasteiger partial charge on any atom is 0.296 e. The summed E-state index contributed by atoms with van der Waals surface area (Å²) in [5, 5.41) is 35.5. The van der Waals surface area contributed by atoms with Gasteiger partial charge in [0.2, 0.25) is 11.8 Å². The van der Waals surface area contributed by atoms with Gasteiger partial charge in [0, 0.05) is 39.6 Å². The molecule has 5 aromatic heterocycles. The highest BCUT2D eigenvalue weighted by atomic mass is 35.5. The first kappa shape index (κ1) is 51.1. The first-order valence-electron chi connectivity index (χ1n) is 25.2. The van der Waals surface area contributed by atoms with Gasteiger partial charge >= 0.3 is 0 Å². The molecule has 0 bridgehead atoms. The van der Waals surface area contributed by atoms with Crippen LogP contribution < -0.4 is 20.1 Å². The third-order valence-corrected chi connectivity index (χ3v) is 15.5. The highest BCUT2D eigenvalue weighted by Gasteiger charge is 2.48. The smallest absolute Gasteiger partial charge is 0.296 e. The zero-order chi connectivity index (χ0) is 52.5. The molecule has 0 unspecified atom stereocenters. The number of unbranched alkanes of at least 4 members (excludes halogenated alkanes) is 2. The maximum absolute atomic E-state index is 13.5. The van der Waals surface area contributed by atoms with Crippen molar-refractivity contribution < 1.29 is 33.6 Å². The van der Waals surface area contributed by atoms with Gasteiger partial charge in [-0.15, -0.1) is 26.6 Å². The van der Waals surface area contributed by atoms with Crippen molar-refractivity contribution in [3.05, 3.63) is 134 Å². The maximum atomic E-state index is 13.5. The number of imidazole rings is 1. The molecule has 8 heterocycles. The van der Waals surface area contributed by atoms with Crippen molar-refractivity contribution in [3.8, 4) is 39.1 Å². The molecule has 3 aromatic carbocycles. The Morgan fingerprint density at radius 2 is 1.61 bits per heavy atom. The third-order valence-electron chi connectivity index (χ3n) is 13.8. The minimum absolute atomic E-state index is 0.0254. The minimum Gasteiger partial charge on any atom is -0.492 e. The summed E-state index contributed by atoms with van der Waals surface area (Å²) in [6, 6.07) is 24.8. The van der Waals surface area contributed by atoms with Crippen LogP contribution in [0, 0.1) is 20.8 Å². The van der Waals surface area contributed by atoms with Crippen LogP contribution in [0.3, 0.4) is 0 Å². The summed E-state index contributed by atoms with van der Waals surface area (Å²) in [6.45, 7) is 8.18. The predicted octanol–water partition coefficient (Wildman–Crippen LogP) is 8.02. The average Bonchev–Trinajstić information content (AvgIpc) is 4.29. The summed E-state index contributed by atoms with van der Waals surface area (Å²) in [5.41, 5.74) is 9.00. The number of aliphatic imine (C=N–C) groups is 1. The molecule has 8 aromatic rings. The Balaban J connectivity index is 0.585. The number of hydrogen-bond acceptors (Lipinski definition) is 15. The molecule has 5 atom stereocenters. The van der Waals surface area contributed by atoms with Gasteiger partial charge in [0.15, 0.2) is 17.6 Å². The highest BCUT2D eigenvalue weighted by molar-refractivity contribution is 7.15. The molecule has 392 valence electrons. The van der Waals surface area contributed by atoms with Crippen LogP contribution in [0.2, 0.25) is 10.0 Å². The Labute approximate surface area is 451 Å². The van der Waals surface area contributed by atoms with E-state index in [1.54, 1.807) is 22.1 Å². The standard InChI is InChI=1S/C54H54Cl2N12O7S/c1-29-30(2)76-53-46(29)48(35-12-16-36(55)17-13-35)59-41(52-65-63-31(3)68(52)53)24-45(71)58-25-37-26-67(66-64-37)21-6-4-5-7-44(70)57-20-22-72-38-18-14-33(15-19-38)32-8-10-34(11-9-32)47-39(56)23-40-51(61-47)62-54(60-40)75-43-28-74-49-42(69)27-73-50(43)49/h8-19,23,26,41-43,49-50,69H,4-7,20-22,24-25,27-28H2,1-3H3,(H,57,70)(H,58,71)(H,60,61,62)/t41-,42+,43+,49+,50+/m0/s1. The molecule has 2 amide bonds. The molecule has 3 aliphatic rings. The summed E-state index contributed by atoms with van der Waals surface area (Å²) in [6.07, 6.45) is 2.86.